The molecule has 26 heavy (non-hydrogen) atoms. The molecule has 2 N–H and O–H groups in total. The first-order valence-electron chi connectivity index (χ1n) is 8.46. The highest BCUT2D eigenvalue weighted by atomic mass is 19.3. The van der Waals surface area contributed by atoms with Gasteiger partial charge in [0.25, 0.3) is 5.91 Å². The Balaban J connectivity index is 1.65. The van der Waals surface area contributed by atoms with Crippen molar-refractivity contribution in [3.63, 3.8) is 0 Å². The maximum atomic E-state index is 13.3. The van der Waals surface area contributed by atoms with E-state index >= 15 is 0 Å². The molecule has 0 aromatic carbocycles. The van der Waals surface area contributed by atoms with Gasteiger partial charge in [-0.1, -0.05) is 0 Å². The maximum absolute atomic E-state index is 13.3. The van der Waals surface area contributed by atoms with Gasteiger partial charge >= 0.3 is 0 Å². The predicted molar refractivity (Wildman–Crippen MR) is 90.4 cm³/mol. The molecule has 3 aromatic rings. The van der Waals surface area contributed by atoms with Crippen molar-refractivity contribution in [2.45, 2.75) is 44.6 Å². The van der Waals surface area contributed by atoms with Crippen LogP contribution in [0.1, 0.15) is 41.9 Å². The van der Waals surface area contributed by atoms with Crippen molar-refractivity contribution in [3.05, 3.63) is 36.2 Å². The minimum Gasteiger partial charge on any atom is -0.355 e. The third-order valence-corrected chi connectivity index (χ3v) is 4.60. The van der Waals surface area contributed by atoms with E-state index in [1.807, 2.05) is 13.0 Å². The lowest BCUT2D eigenvalue weighted by atomic mass is 9.92. The summed E-state index contributed by atoms with van der Waals surface area (Å²) in [5, 5.41) is 2.84. The molecule has 1 aliphatic carbocycles. The van der Waals surface area contributed by atoms with E-state index in [0.29, 0.717) is 17.0 Å². The Morgan fingerprint density at radius 1 is 1.35 bits per heavy atom. The number of imidazole rings is 1. The largest absolute Gasteiger partial charge is 0.355 e. The fraction of sp³-hybridized carbons (Fsp3) is 0.412. The second kappa shape index (κ2) is 6.15. The van der Waals surface area contributed by atoms with Crippen LogP contribution in [0.4, 0.5) is 8.78 Å². The molecule has 1 fully saturated rings. The van der Waals surface area contributed by atoms with Gasteiger partial charge in [-0.25, -0.2) is 23.7 Å². The number of alkyl halides is 2. The van der Waals surface area contributed by atoms with Crippen molar-refractivity contribution in [2.75, 3.05) is 0 Å². The third kappa shape index (κ3) is 3.16. The summed E-state index contributed by atoms with van der Waals surface area (Å²) < 4.78 is 28.2. The molecule has 0 aliphatic heterocycles. The Labute approximate surface area is 147 Å². The van der Waals surface area contributed by atoms with Crippen LogP contribution in [0.5, 0.6) is 0 Å². The van der Waals surface area contributed by atoms with Gasteiger partial charge < -0.3 is 10.3 Å². The van der Waals surface area contributed by atoms with E-state index in [-0.39, 0.29) is 37.4 Å². The van der Waals surface area contributed by atoms with Gasteiger partial charge in [-0.05, 0) is 25.8 Å². The molecule has 3 aromatic heterocycles. The Bertz CT molecular complexity index is 940. The predicted octanol–water partition coefficient (Wildman–Crippen LogP) is 2.76. The maximum Gasteiger partial charge on any atom is 0.272 e. The Morgan fingerprint density at radius 3 is 2.81 bits per heavy atom. The van der Waals surface area contributed by atoms with E-state index in [2.05, 4.69) is 25.3 Å². The van der Waals surface area contributed by atoms with Gasteiger partial charge in [-0.2, -0.15) is 0 Å². The SMILES string of the molecule is Cc1cc2nc(-n3ccnc3)nc(C(=O)NC3CCC(F)(F)CC3)c2[nH]1. The number of halogens is 2. The molecular weight excluding hydrogens is 342 g/mol. The molecule has 4 rings (SSSR count). The fourth-order valence-corrected chi connectivity index (χ4v) is 3.23. The molecule has 0 bridgehead atoms. The zero-order valence-electron chi connectivity index (χ0n) is 14.2. The zero-order chi connectivity index (χ0) is 18.3. The smallest absolute Gasteiger partial charge is 0.272 e. The van der Waals surface area contributed by atoms with Crippen LogP contribution in [-0.2, 0) is 0 Å². The normalized spacial score (nSPS) is 17.5. The van der Waals surface area contributed by atoms with Gasteiger partial charge in [-0.3, -0.25) is 9.36 Å². The summed E-state index contributed by atoms with van der Waals surface area (Å²) in [6.45, 7) is 1.86. The van der Waals surface area contributed by atoms with Gasteiger partial charge in [0.1, 0.15) is 6.33 Å². The van der Waals surface area contributed by atoms with Crippen LogP contribution < -0.4 is 5.32 Å². The number of aromatic amines is 1. The number of carbonyl (C=O) groups is 1. The van der Waals surface area contributed by atoms with E-state index in [0.717, 1.165) is 5.69 Å². The van der Waals surface area contributed by atoms with E-state index in [4.69, 9.17) is 0 Å². The van der Waals surface area contributed by atoms with Crippen molar-refractivity contribution in [1.82, 2.24) is 29.8 Å². The molecule has 0 spiro atoms. The second-order valence-corrected chi connectivity index (χ2v) is 6.66. The Morgan fingerprint density at radius 2 is 2.12 bits per heavy atom. The van der Waals surface area contributed by atoms with E-state index in [1.54, 1.807) is 23.3 Å². The van der Waals surface area contributed by atoms with Crippen molar-refractivity contribution in [1.29, 1.82) is 0 Å². The average molecular weight is 360 g/mol. The van der Waals surface area contributed by atoms with Crippen molar-refractivity contribution in [2.24, 2.45) is 0 Å². The average Bonchev–Trinajstić information content (AvgIpc) is 3.24. The number of aromatic nitrogens is 5. The number of amides is 1. The van der Waals surface area contributed by atoms with Crippen LogP contribution in [0.3, 0.4) is 0 Å². The number of hydrogen-bond acceptors (Lipinski definition) is 4. The van der Waals surface area contributed by atoms with E-state index in [1.165, 1.54) is 0 Å². The van der Waals surface area contributed by atoms with Crippen LogP contribution in [0.15, 0.2) is 24.8 Å². The molecule has 0 saturated heterocycles. The first-order chi connectivity index (χ1) is 12.4. The molecule has 7 nitrogen and oxygen atoms in total. The van der Waals surface area contributed by atoms with E-state index in [9.17, 15) is 13.6 Å². The first-order valence-corrected chi connectivity index (χ1v) is 8.46. The van der Waals surface area contributed by atoms with E-state index < -0.39 is 11.8 Å². The summed E-state index contributed by atoms with van der Waals surface area (Å²) in [7, 11) is 0. The van der Waals surface area contributed by atoms with Gasteiger partial charge in [0.15, 0.2) is 5.69 Å². The van der Waals surface area contributed by atoms with Gasteiger partial charge in [0.2, 0.25) is 11.9 Å². The van der Waals surface area contributed by atoms with Crippen LogP contribution in [0.2, 0.25) is 0 Å². The summed E-state index contributed by atoms with van der Waals surface area (Å²) in [6, 6.07) is 1.55. The zero-order valence-corrected chi connectivity index (χ0v) is 14.2. The first kappa shape index (κ1) is 16.6. The van der Waals surface area contributed by atoms with Gasteiger partial charge in [0.05, 0.1) is 11.0 Å². The summed E-state index contributed by atoms with van der Waals surface area (Å²) >= 11 is 0. The molecule has 3 heterocycles. The fourth-order valence-electron chi connectivity index (χ4n) is 3.23. The number of fused-ring (bicyclic) bond motifs is 1. The topological polar surface area (TPSA) is 88.5 Å². The highest BCUT2D eigenvalue weighted by Gasteiger charge is 2.35. The quantitative estimate of drug-likeness (QED) is 0.752. The van der Waals surface area contributed by atoms with Crippen LogP contribution in [0, 0.1) is 6.92 Å². The van der Waals surface area contributed by atoms with Crippen molar-refractivity contribution in [3.8, 4) is 5.95 Å². The molecule has 136 valence electrons. The number of hydrogen-bond donors (Lipinski definition) is 2. The van der Waals surface area contributed by atoms with Gasteiger partial charge in [-0.15, -0.1) is 0 Å². The summed E-state index contributed by atoms with van der Waals surface area (Å²) in [5.41, 5.74) is 2.19. The Hall–Kier alpha value is -2.84. The minimum absolute atomic E-state index is 0.198. The third-order valence-electron chi connectivity index (χ3n) is 4.60. The van der Waals surface area contributed by atoms with Crippen molar-refractivity contribution >= 4 is 16.9 Å². The van der Waals surface area contributed by atoms with Crippen LogP contribution in [-0.4, -0.2) is 42.4 Å². The lowest BCUT2D eigenvalue weighted by molar-refractivity contribution is -0.0399. The lowest BCUT2D eigenvalue weighted by Crippen LogP contribution is -2.40. The molecule has 0 atom stereocenters. The minimum atomic E-state index is -2.63. The molecule has 9 heteroatoms. The number of rotatable bonds is 3. The second-order valence-electron chi connectivity index (χ2n) is 6.66. The summed E-state index contributed by atoms with van der Waals surface area (Å²) in [6.07, 6.45) is 4.92. The summed E-state index contributed by atoms with van der Waals surface area (Å²) in [4.78, 5) is 28.7. The van der Waals surface area contributed by atoms with Crippen LogP contribution >= 0.6 is 0 Å². The number of nitrogens with one attached hydrogen (secondary N) is 2. The molecule has 1 amide bonds. The standard InChI is InChI=1S/C17H18F2N6O/c1-10-8-12-13(21-10)14(24-16(23-12)25-7-6-20-9-25)15(26)22-11-2-4-17(18,19)5-3-11/h6-9,11,21H,2-5H2,1H3,(H,22,26). The van der Waals surface area contributed by atoms with Crippen molar-refractivity contribution < 1.29 is 13.6 Å². The number of H-pyrrole nitrogens is 1. The number of carbonyl (C=O) groups excluding carboxylic acids is 1. The molecular formula is C17H18F2N6O. The molecule has 0 unspecified atom stereocenters. The molecule has 0 radical (unpaired) electrons. The van der Waals surface area contributed by atoms with Gasteiger partial charge in [0, 0.05) is 37.0 Å². The number of aryl methyl sites for hydroxylation is 1. The highest BCUT2D eigenvalue weighted by Crippen LogP contribution is 2.33. The monoisotopic (exact) mass is 360 g/mol. The number of nitrogens with zero attached hydrogens (tertiary/aromatic N) is 4. The molecule has 1 aliphatic rings. The Kier molecular flexibility index (Phi) is 3.93. The summed E-state index contributed by atoms with van der Waals surface area (Å²) in [5.74, 6) is -2.70. The van der Waals surface area contributed by atoms with Crippen LogP contribution in [0.25, 0.3) is 17.0 Å². The molecule has 1 saturated carbocycles. The lowest BCUT2D eigenvalue weighted by Gasteiger charge is -2.28. The highest BCUT2D eigenvalue weighted by molar-refractivity contribution is 6.03.